The van der Waals surface area contributed by atoms with Gasteiger partial charge in [-0.1, -0.05) is 40.0 Å². The van der Waals surface area contributed by atoms with Crippen LogP contribution in [0.4, 0.5) is 0 Å². The Kier molecular flexibility index (Phi) is 14.2. The highest BCUT2D eigenvalue weighted by molar-refractivity contribution is 7.75. The Labute approximate surface area is 134 Å². The molecule has 0 aromatic rings. The molecular formula is C18H40O2P+. The lowest BCUT2D eigenvalue weighted by molar-refractivity contribution is -0.121. The molecule has 0 aliphatic rings. The standard InChI is InChI=1S/C18H40O2P/c1-6-11-14-21(15-12-7-2,16-13-8-3)17-18(19-9-4)20-10-5/h18H,6-17H2,1-5H3/q+1. The number of hydrogen-bond donors (Lipinski definition) is 0. The van der Waals surface area contributed by atoms with E-state index >= 15 is 0 Å². The van der Waals surface area contributed by atoms with Crippen LogP contribution in [0.5, 0.6) is 0 Å². The van der Waals surface area contributed by atoms with Crippen LogP contribution in [0, 0.1) is 0 Å². The molecule has 0 radical (unpaired) electrons. The van der Waals surface area contributed by atoms with Crippen molar-refractivity contribution in [2.45, 2.75) is 79.4 Å². The minimum Gasteiger partial charge on any atom is -0.349 e. The maximum atomic E-state index is 5.88. The normalized spacial score (nSPS) is 12.3. The van der Waals surface area contributed by atoms with Crippen LogP contribution in [0.1, 0.15) is 73.1 Å². The third-order valence-electron chi connectivity index (χ3n) is 4.20. The second-order valence-electron chi connectivity index (χ2n) is 6.10. The van der Waals surface area contributed by atoms with E-state index in [0.29, 0.717) is 0 Å². The lowest BCUT2D eigenvalue weighted by Gasteiger charge is -2.31. The van der Waals surface area contributed by atoms with Gasteiger partial charge >= 0.3 is 0 Å². The lowest BCUT2D eigenvalue weighted by atomic mass is 10.4. The first-order valence-electron chi connectivity index (χ1n) is 9.26. The highest BCUT2D eigenvalue weighted by atomic mass is 31.2. The van der Waals surface area contributed by atoms with E-state index in [1.807, 2.05) is 0 Å². The quantitative estimate of drug-likeness (QED) is 0.280. The Morgan fingerprint density at radius 2 is 1.05 bits per heavy atom. The molecule has 0 aliphatic carbocycles. The van der Waals surface area contributed by atoms with Crippen molar-refractivity contribution in [3.63, 3.8) is 0 Å². The zero-order valence-corrected chi connectivity index (χ0v) is 16.2. The van der Waals surface area contributed by atoms with Crippen molar-refractivity contribution in [1.82, 2.24) is 0 Å². The Hall–Kier alpha value is 0.350. The number of unbranched alkanes of at least 4 members (excludes halogenated alkanes) is 3. The molecule has 0 amide bonds. The van der Waals surface area contributed by atoms with E-state index < -0.39 is 7.26 Å². The van der Waals surface area contributed by atoms with E-state index in [9.17, 15) is 0 Å². The van der Waals surface area contributed by atoms with Crippen LogP contribution in [0.2, 0.25) is 0 Å². The van der Waals surface area contributed by atoms with Gasteiger partial charge in [-0.2, -0.15) is 0 Å². The predicted molar refractivity (Wildman–Crippen MR) is 98.2 cm³/mol. The van der Waals surface area contributed by atoms with Crippen molar-refractivity contribution >= 4 is 7.26 Å². The van der Waals surface area contributed by atoms with E-state index in [1.54, 1.807) is 0 Å². The summed E-state index contributed by atoms with van der Waals surface area (Å²) in [6, 6.07) is 0. The van der Waals surface area contributed by atoms with Crippen molar-refractivity contribution in [2.75, 3.05) is 37.9 Å². The van der Waals surface area contributed by atoms with Gasteiger partial charge in [0.05, 0.1) is 18.5 Å². The second kappa shape index (κ2) is 14.0. The molecule has 21 heavy (non-hydrogen) atoms. The monoisotopic (exact) mass is 319 g/mol. The van der Waals surface area contributed by atoms with Gasteiger partial charge in [-0.05, 0) is 33.1 Å². The third kappa shape index (κ3) is 9.87. The van der Waals surface area contributed by atoms with E-state index in [-0.39, 0.29) is 6.29 Å². The molecule has 0 aromatic carbocycles. The fraction of sp³-hybridized carbons (Fsp3) is 1.00. The van der Waals surface area contributed by atoms with E-state index in [1.165, 1.54) is 63.2 Å². The number of hydrogen-bond acceptors (Lipinski definition) is 2. The van der Waals surface area contributed by atoms with Gasteiger partial charge in [0.2, 0.25) is 0 Å². The summed E-state index contributed by atoms with van der Waals surface area (Å²) >= 11 is 0. The summed E-state index contributed by atoms with van der Waals surface area (Å²) in [5.41, 5.74) is 0. The molecule has 0 N–H and O–H groups in total. The average molecular weight is 319 g/mol. The van der Waals surface area contributed by atoms with Gasteiger partial charge < -0.3 is 9.47 Å². The summed E-state index contributed by atoms with van der Waals surface area (Å²) in [6.45, 7) is 12.6. The zero-order chi connectivity index (χ0) is 16.0. The zero-order valence-electron chi connectivity index (χ0n) is 15.3. The minimum atomic E-state index is -0.911. The summed E-state index contributed by atoms with van der Waals surface area (Å²) in [5, 5.41) is 0. The van der Waals surface area contributed by atoms with Crippen LogP contribution in [-0.2, 0) is 9.47 Å². The van der Waals surface area contributed by atoms with E-state index in [0.717, 1.165) is 13.2 Å². The third-order valence-corrected chi connectivity index (χ3v) is 9.07. The smallest absolute Gasteiger partial charge is 0.191 e. The van der Waals surface area contributed by atoms with E-state index in [4.69, 9.17) is 9.47 Å². The van der Waals surface area contributed by atoms with Crippen molar-refractivity contribution in [3.05, 3.63) is 0 Å². The molecular weight excluding hydrogens is 279 g/mol. The highest BCUT2D eigenvalue weighted by Gasteiger charge is 2.38. The lowest BCUT2D eigenvalue weighted by Crippen LogP contribution is -2.27. The van der Waals surface area contributed by atoms with Gasteiger partial charge in [0.1, 0.15) is 6.16 Å². The van der Waals surface area contributed by atoms with Gasteiger partial charge in [0.15, 0.2) is 6.29 Å². The molecule has 0 spiro atoms. The van der Waals surface area contributed by atoms with Crippen molar-refractivity contribution in [1.29, 1.82) is 0 Å². The summed E-state index contributed by atoms with van der Waals surface area (Å²) in [7, 11) is -0.911. The van der Waals surface area contributed by atoms with Gasteiger partial charge in [-0.3, -0.25) is 0 Å². The Balaban J connectivity index is 4.88. The van der Waals surface area contributed by atoms with Crippen LogP contribution in [0.3, 0.4) is 0 Å². The van der Waals surface area contributed by atoms with E-state index in [2.05, 4.69) is 34.6 Å². The molecule has 128 valence electrons. The fourth-order valence-corrected chi connectivity index (χ4v) is 7.95. The summed E-state index contributed by atoms with van der Waals surface area (Å²) < 4.78 is 11.8. The first-order valence-corrected chi connectivity index (χ1v) is 11.8. The summed E-state index contributed by atoms with van der Waals surface area (Å²) in [4.78, 5) is 0. The van der Waals surface area contributed by atoms with Crippen LogP contribution < -0.4 is 0 Å². The molecule has 3 heteroatoms. The largest absolute Gasteiger partial charge is 0.349 e. The van der Waals surface area contributed by atoms with Gasteiger partial charge in [-0.25, -0.2) is 0 Å². The highest BCUT2D eigenvalue weighted by Crippen LogP contribution is 2.61. The van der Waals surface area contributed by atoms with Crippen molar-refractivity contribution in [2.24, 2.45) is 0 Å². The topological polar surface area (TPSA) is 18.5 Å². The first-order chi connectivity index (χ1) is 10.2. The van der Waals surface area contributed by atoms with Crippen LogP contribution in [0.25, 0.3) is 0 Å². The maximum Gasteiger partial charge on any atom is 0.191 e. The first kappa shape index (κ1) is 21.4. The average Bonchev–Trinajstić information content (AvgIpc) is 2.49. The van der Waals surface area contributed by atoms with Gasteiger partial charge in [-0.15, -0.1) is 0 Å². The molecule has 0 fully saturated rings. The summed E-state index contributed by atoms with van der Waals surface area (Å²) in [5.74, 6) is 0. The maximum absolute atomic E-state index is 5.88. The SMILES string of the molecule is CCCC[P+](CCCC)(CCCC)CC(OCC)OCC. The van der Waals surface area contributed by atoms with Crippen LogP contribution in [0.15, 0.2) is 0 Å². The molecule has 0 heterocycles. The molecule has 0 rings (SSSR count). The number of ether oxygens (including phenoxy) is 2. The molecule has 0 aliphatic heterocycles. The number of rotatable bonds is 15. The molecule has 0 saturated carbocycles. The molecule has 0 bridgehead atoms. The van der Waals surface area contributed by atoms with Crippen LogP contribution >= 0.6 is 7.26 Å². The Bertz CT molecular complexity index is 193. The Morgan fingerprint density at radius 3 is 1.33 bits per heavy atom. The van der Waals surface area contributed by atoms with Crippen molar-refractivity contribution < 1.29 is 9.47 Å². The molecule has 0 unspecified atom stereocenters. The van der Waals surface area contributed by atoms with Crippen LogP contribution in [-0.4, -0.2) is 44.2 Å². The fourth-order valence-electron chi connectivity index (χ4n) is 2.93. The van der Waals surface area contributed by atoms with Gasteiger partial charge in [0.25, 0.3) is 0 Å². The molecule has 0 saturated heterocycles. The van der Waals surface area contributed by atoms with Gasteiger partial charge in [0, 0.05) is 20.5 Å². The Morgan fingerprint density at radius 1 is 0.667 bits per heavy atom. The molecule has 0 atom stereocenters. The molecule has 2 nitrogen and oxygen atoms in total. The van der Waals surface area contributed by atoms with Crippen molar-refractivity contribution in [3.8, 4) is 0 Å². The molecule has 0 aromatic heterocycles. The minimum absolute atomic E-state index is 0.0406. The summed E-state index contributed by atoms with van der Waals surface area (Å²) in [6.07, 6.45) is 13.6. The predicted octanol–water partition coefficient (Wildman–Crippen LogP) is 5.80. The second-order valence-corrected chi connectivity index (χ2v) is 10.5.